The number of nitrogens with zero attached hydrogens (tertiary/aromatic N) is 2. The maximum absolute atomic E-state index is 2.44. The number of benzene rings is 10. The molecule has 0 radical (unpaired) electrons. The van der Waals surface area contributed by atoms with Crippen LogP contribution in [0.3, 0.4) is 0 Å². The summed E-state index contributed by atoms with van der Waals surface area (Å²) in [5, 5.41) is 2.54. The normalized spacial score (nSPS) is 14.2. The minimum Gasteiger partial charge on any atom is -0.310 e. The van der Waals surface area contributed by atoms with Crippen LogP contribution in [0.1, 0.15) is 47.6 Å². The lowest BCUT2D eigenvalue weighted by Gasteiger charge is -2.28. The minimum atomic E-state index is -0.0943. The average Bonchev–Trinajstić information content (AvgIpc) is 3.98. The van der Waals surface area contributed by atoms with Crippen LogP contribution in [0.4, 0.5) is 17.1 Å². The van der Waals surface area contributed by atoms with Crippen LogP contribution in [0.25, 0.3) is 72.0 Å². The van der Waals surface area contributed by atoms with Gasteiger partial charge in [-0.3, -0.25) is 0 Å². The van der Waals surface area contributed by atoms with Crippen molar-refractivity contribution < 1.29 is 0 Å². The first-order chi connectivity index (χ1) is 32.5. The molecule has 0 saturated carbocycles. The highest BCUT2D eigenvalue weighted by molar-refractivity contribution is 6.09. The van der Waals surface area contributed by atoms with Crippen LogP contribution in [0.5, 0.6) is 0 Å². The molecule has 13 rings (SSSR count). The molecule has 0 bridgehead atoms. The van der Waals surface area contributed by atoms with Crippen molar-refractivity contribution in [1.29, 1.82) is 0 Å². The van der Waals surface area contributed by atoms with Gasteiger partial charge in [-0.05, 0) is 145 Å². The first-order valence-corrected chi connectivity index (χ1v) is 23.1. The Bertz CT molecular complexity index is 3600. The molecule has 0 fully saturated rings. The van der Waals surface area contributed by atoms with Crippen molar-refractivity contribution in [2.24, 2.45) is 0 Å². The van der Waals surface area contributed by atoms with Gasteiger partial charge in [0.15, 0.2) is 0 Å². The molecule has 66 heavy (non-hydrogen) atoms. The molecular formula is C64H46N2. The van der Waals surface area contributed by atoms with E-state index in [4.69, 9.17) is 0 Å². The van der Waals surface area contributed by atoms with Crippen molar-refractivity contribution in [2.45, 2.75) is 25.2 Å². The number of hydrogen-bond acceptors (Lipinski definition) is 1. The highest BCUT2D eigenvalue weighted by Gasteiger charge is 2.36. The summed E-state index contributed by atoms with van der Waals surface area (Å²) in [5.41, 5.74) is 23.8. The molecule has 2 aliphatic carbocycles. The molecule has 2 aliphatic rings. The first kappa shape index (κ1) is 38.3. The Morgan fingerprint density at radius 2 is 0.924 bits per heavy atom. The van der Waals surface area contributed by atoms with E-state index >= 15 is 0 Å². The van der Waals surface area contributed by atoms with Gasteiger partial charge >= 0.3 is 0 Å². The molecule has 0 N–H and O–H groups in total. The van der Waals surface area contributed by atoms with Crippen LogP contribution in [0.15, 0.2) is 237 Å². The third kappa shape index (κ3) is 5.88. The van der Waals surface area contributed by atoms with E-state index < -0.39 is 0 Å². The van der Waals surface area contributed by atoms with Gasteiger partial charge in [0, 0.05) is 44.9 Å². The molecule has 0 spiro atoms. The van der Waals surface area contributed by atoms with Gasteiger partial charge in [0.1, 0.15) is 0 Å². The highest BCUT2D eigenvalue weighted by atomic mass is 15.1. The number of fused-ring (bicyclic) bond motifs is 9. The lowest BCUT2D eigenvalue weighted by Crippen LogP contribution is -2.16. The SMILES string of the molecule is CC1(C)c2ccccc2-c2ccc(N(c3ccccc3)c3ccc(-c4cc(-c5ccc(-n6c7ccccc7c7ccccc76)cc5)c5c(c4)-c4ccccc4C5c4ccccc4)cc3)cc21. The Balaban J connectivity index is 0.949. The smallest absolute Gasteiger partial charge is 0.0541 e. The maximum atomic E-state index is 2.44. The van der Waals surface area contributed by atoms with Crippen LogP contribution in [-0.4, -0.2) is 4.57 Å². The lowest BCUT2D eigenvalue weighted by atomic mass is 9.82. The molecule has 0 amide bonds. The van der Waals surface area contributed by atoms with Gasteiger partial charge in [0.2, 0.25) is 0 Å². The zero-order valence-electron chi connectivity index (χ0n) is 37.0. The Morgan fingerprint density at radius 1 is 0.379 bits per heavy atom. The van der Waals surface area contributed by atoms with E-state index in [1.54, 1.807) is 0 Å². The van der Waals surface area contributed by atoms with E-state index in [1.165, 1.54) is 94.1 Å². The fourth-order valence-corrected chi connectivity index (χ4v) is 11.4. The van der Waals surface area contributed by atoms with Crippen LogP contribution < -0.4 is 4.90 Å². The number of para-hydroxylation sites is 3. The van der Waals surface area contributed by atoms with Crippen LogP contribution >= 0.6 is 0 Å². The molecule has 0 saturated heterocycles. The Kier molecular flexibility index (Phi) is 8.66. The molecule has 1 aromatic heterocycles. The van der Waals surface area contributed by atoms with Gasteiger partial charge in [0.05, 0.1) is 11.0 Å². The molecule has 2 heteroatoms. The topological polar surface area (TPSA) is 8.17 Å². The summed E-state index contributed by atoms with van der Waals surface area (Å²) in [6.45, 7) is 4.71. The van der Waals surface area contributed by atoms with E-state index in [1.807, 2.05) is 0 Å². The molecule has 1 unspecified atom stereocenters. The summed E-state index contributed by atoms with van der Waals surface area (Å²) in [7, 11) is 0. The fraction of sp³-hybridized carbons (Fsp3) is 0.0625. The number of anilines is 3. The van der Waals surface area contributed by atoms with Crippen molar-refractivity contribution >= 4 is 38.9 Å². The van der Waals surface area contributed by atoms with Crippen molar-refractivity contribution in [1.82, 2.24) is 4.57 Å². The standard InChI is InChI=1S/C64H46N2/c1-64(2)58-26-14-11-22-51(58)52-38-37-49(41-59(52)64)65(46-19-7-4-8-20-46)47-33-29-42(30-34-47)45-39-56(63-57(40-45)50-21-9-10-25-55(50)62(63)44-17-5-3-6-18-44)43-31-35-48(36-32-43)66-60-27-15-12-23-53(60)54-24-13-16-28-61(54)66/h3-41,62H,1-2H3. The lowest BCUT2D eigenvalue weighted by molar-refractivity contribution is 0.660. The largest absolute Gasteiger partial charge is 0.310 e. The zero-order valence-corrected chi connectivity index (χ0v) is 37.0. The summed E-state index contributed by atoms with van der Waals surface area (Å²) in [5.74, 6) is 0.116. The Labute approximate surface area is 386 Å². The van der Waals surface area contributed by atoms with E-state index in [-0.39, 0.29) is 11.3 Å². The van der Waals surface area contributed by atoms with E-state index in [2.05, 4.69) is 260 Å². The fourth-order valence-electron chi connectivity index (χ4n) is 11.4. The van der Waals surface area contributed by atoms with Gasteiger partial charge in [-0.1, -0.05) is 178 Å². The van der Waals surface area contributed by atoms with Crippen molar-refractivity contribution in [3.05, 3.63) is 264 Å². The molecule has 10 aromatic carbocycles. The zero-order chi connectivity index (χ0) is 43.9. The Hall–Kier alpha value is -8.20. The van der Waals surface area contributed by atoms with E-state index in [9.17, 15) is 0 Å². The van der Waals surface area contributed by atoms with Gasteiger partial charge in [-0.2, -0.15) is 0 Å². The van der Waals surface area contributed by atoms with Crippen molar-refractivity contribution in [3.8, 4) is 50.2 Å². The van der Waals surface area contributed by atoms with Crippen LogP contribution in [0.2, 0.25) is 0 Å². The second kappa shape index (κ2) is 14.9. The summed E-state index contributed by atoms with van der Waals surface area (Å²) >= 11 is 0. The molecule has 11 aromatic rings. The van der Waals surface area contributed by atoms with Crippen LogP contribution in [0, 0.1) is 0 Å². The van der Waals surface area contributed by atoms with Gasteiger partial charge < -0.3 is 9.47 Å². The van der Waals surface area contributed by atoms with Gasteiger partial charge in [-0.25, -0.2) is 0 Å². The second-order valence-corrected chi connectivity index (χ2v) is 18.5. The summed E-state index contributed by atoms with van der Waals surface area (Å²) < 4.78 is 2.40. The molecule has 312 valence electrons. The second-order valence-electron chi connectivity index (χ2n) is 18.5. The van der Waals surface area contributed by atoms with E-state index in [0.29, 0.717) is 0 Å². The van der Waals surface area contributed by atoms with Gasteiger partial charge in [-0.15, -0.1) is 0 Å². The highest BCUT2D eigenvalue weighted by Crippen LogP contribution is 2.54. The Morgan fingerprint density at radius 3 is 1.65 bits per heavy atom. The van der Waals surface area contributed by atoms with Gasteiger partial charge in [0.25, 0.3) is 0 Å². The monoisotopic (exact) mass is 842 g/mol. The molecule has 0 aliphatic heterocycles. The third-order valence-electron chi connectivity index (χ3n) is 14.5. The first-order valence-electron chi connectivity index (χ1n) is 23.1. The predicted octanol–water partition coefficient (Wildman–Crippen LogP) is 17.1. The predicted molar refractivity (Wildman–Crippen MR) is 277 cm³/mol. The van der Waals surface area contributed by atoms with E-state index in [0.717, 1.165) is 22.7 Å². The number of aromatic nitrogens is 1. The average molecular weight is 843 g/mol. The third-order valence-corrected chi connectivity index (χ3v) is 14.5. The number of hydrogen-bond donors (Lipinski definition) is 0. The summed E-state index contributed by atoms with van der Waals surface area (Å²) in [6.07, 6.45) is 0. The minimum absolute atomic E-state index is 0.0943. The molecular weight excluding hydrogens is 797 g/mol. The van der Waals surface area contributed by atoms with Crippen LogP contribution in [-0.2, 0) is 5.41 Å². The number of rotatable bonds is 7. The molecule has 1 heterocycles. The summed E-state index contributed by atoms with van der Waals surface area (Å²) in [4.78, 5) is 2.40. The van der Waals surface area contributed by atoms with Crippen molar-refractivity contribution in [2.75, 3.05) is 4.90 Å². The maximum Gasteiger partial charge on any atom is 0.0541 e. The quantitative estimate of drug-likeness (QED) is 0.155. The summed E-state index contributed by atoms with van der Waals surface area (Å²) in [6, 6.07) is 87.6. The van der Waals surface area contributed by atoms with Crippen molar-refractivity contribution in [3.63, 3.8) is 0 Å². The molecule has 1 atom stereocenters. The molecule has 2 nitrogen and oxygen atoms in total.